The van der Waals surface area contributed by atoms with Crippen LogP contribution in [0, 0.1) is 0 Å². The number of allylic oxidation sites excluding steroid dienone is 4. The monoisotopic (exact) mass is 225 g/mol. The summed E-state index contributed by atoms with van der Waals surface area (Å²) in [6.07, 6.45) is 7.94. The van der Waals surface area contributed by atoms with Gasteiger partial charge in [0.1, 0.15) is 0 Å². The van der Waals surface area contributed by atoms with Crippen LogP contribution in [0.5, 0.6) is 0 Å². The lowest BCUT2D eigenvalue weighted by molar-refractivity contribution is 0.454. The van der Waals surface area contributed by atoms with Gasteiger partial charge in [0.15, 0.2) is 0 Å². The molecular formula is C15H20BN. The van der Waals surface area contributed by atoms with Gasteiger partial charge < -0.3 is 4.81 Å². The van der Waals surface area contributed by atoms with Crippen LogP contribution in [-0.4, -0.2) is 12.8 Å². The van der Waals surface area contributed by atoms with Gasteiger partial charge in [-0.2, -0.15) is 0 Å². The van der Waals surface area contributed by atoms with Crippen LogP contribution < -0.4 is 0 Å². The molecule has 17 heavy (non-hydrogen) atoms. The highest BCUT2D eigenvalue weighted by Gasteiger charge is 2.11. The summed E-state index contributed by atoms with van der Waals surface area (Å²) in [6, 6.07) is 10.9. The Morgan fingerprint density at radius 1 is 1.35 bits per heavy atom. The van der Waals surface area contributed by atoms with Crippen molar-refractivity contribution in [1.82, 2.24) is 4.81 Å². The highest BCUT2D eigenvalue weighted by Crippen LogP contribution is 2.22. The minimum Gasteiger partial charge on any atom is -0.416 e. The maximum absolute atomic E-state index is 3.70. The van der Waals surface area contributed by atoms with E-state index in [1.807, 2.05) is 12.1 Å². The van der Waals surface area contributed by atoms with Crippen LogP contribution >= 0.6 is 0 Å². The molecule has 0 aliphatic carbocycles. The largest absolute Gasteiger partial charge is 0.416 e. The van der Waals surface area contributed by atoms with Crippen LogP contribution in [0.15, 0.2) is 66.9 Å². The van der Waals surface area contributed by atoms with Crippen molar-refractivity contribution in [3.8, 4) is 0 Å². The highest BCUT2D eigenvalue weighted by molar-refractivity contribution is 6.06. The fourth-order valence-corrected chi connectivity index (χ4v) is 1.76. The Balaban J connectivity index is 2.85. The quantitative estimate of drug-likeness (QED) is 0.549. The zero-order valence-electron chi connectivity index (χ0n) is 10.9. The summed E-state index contributed by atoms with van der Waals surface area (Å²) in [5.41, 5.74) is 2.52. The molecule has 0 heterocycles. The molecule has 0 saturated heterocycles. The summed E-state index contributed by atoms with van der Waals surface area (Å²) in [7, 11) is 2.11. The molecule has 0 aliphatic heterocycles. The molecule has 1 rings (SSSR count). The van der Waals surface area contributed by atoms with Gasteiger partial charge in [0.25, 0.3) is 0 Å². The van der Waals surface area contributed by atoms with Gasteiger partial charge in [-0.1, -0.05) is 55.1 Å². The van der Waals surface area contributed by atoms with Crippen LogP contribution in [0.3, 0.4) is 0 Å². The van der Waals surface area contributed by atoms with Crippen molar-refractivity contribution in [2.45, 2.75) is 19.9 Å². The van der Waals surface area contributed by atoms with Crippen LogP contribution in [-0.2, 0) is 0 Å². The molecule has 2 heteroatoms. The maximum atomic E-state index is 3.70. The lowest BCUT2D eigenvalue weighted by Gasteiger charge is -2.29. The Hall–Kier alpha value is -1.70. The van der Waals surface area contributed by atoms with Gasteiger partial charge in [-0.25, -0.2) is 0 Å². The molecule has 0 aromatic heterocycles. The summed E-state index contributed by atoms with van der Waals surface area (Å²) in [4.78, 5) is 2.26. The maximum Gasteiger partial charge on any atom is 0.218 e. The van der Waals surface area contributed by atoms with E-state index in [9.17, 15) is 0 Å². The molecule has 0 amide bonds. The van der Waals surface area contributed by atoms with E-state index in [1.165, 1.54) is 11.3 Å². The lowest BCUT2D eigenvalue weighted by atomic mass is 10.0. The zero-order valence-corrected chi connectivity index (χ0v) is 10.9. The van der Waals surface area contributed by atoms with Gasteiger partial charge >= 0.3 is 0 Å². The predicted octanol–water partition coefficient (Wildman–Crippen LogP) is 3.24. The second kappa shape index (κ2) is 6.79. The van der Waals surface area contributed by atoms with E-state index < -0.39 is 0 Å². The van der Waals surface area contributed by atoms with Gasteiger partial charge in [-0.15, -0.1) is 0 Å². The van der Waals surface area contributed by atoms with E-state index in [0.29, 0.717) is 6.04 Å². The molecular weight excluding hydrogens is 205 g/mol. The second-order valence-corrected chi connectivity index (χ2v) is 4.01. The fourth-order valence-electron chi connectivity index (χ4n) is 1.76. The number of rotatable bonds is 5. The first-order valence-corrected chi connectivity index (χ1v) is 5.94. The Morgan fingerprint density at radius 2 is 2.00 bits per heavy atom. The van der Waals surface area contributed by atoms with Crippen molar-refractivity contribution in [3.05, 3.63) is 72.5 Å². The molecule has 1 unspecified atom stereocenters. The Bertz CT molecular complexity index is 406. The Kier molecular flexibility index (Phi) is 5.34. The first-order valence-electron chi connectivity index (χ1n) is 5.94. The lowest BCUT2D eigenvalue weighted by Crippen LogP contribution is -2.22. The van der Waals surface area contributed by atoms with Gasteiger partial charge in [0, 0.05) is 11.7 Å². The van der Waals surface area contributed by atoms with E-state index in [1.54, 1.807) is 6.08 Å². The number of hydrogen-bond acceptors (Lipinski definition) is 1. The molecule has 1 nitrogen and oxygen atoms in total. The Labute approximate surface area is 106 Å². The summed E-state index contributed by atoms with van der Waals surface area (Å²) in [5, 5.41) is 0. The van der Waals surface area contributed by atoms with Gasteiger partial charge in [-0.05, 0) is 25.5 Å². The molecule has 0 saturated carbocycles. The average molecular weight is 225 g/mol. The summed E-state index contributed by atoms with van der Waals surface area (Å²) in [6.45, 7) is 7.96. The van der Waals surface area contributed by atoms with Gasteiger partial charge in [-0.3, -0.25) is 0 Å². The van der Waals surface area contributed by atoms with E-state index in [-0.39, 0.29) is 0 Å². The molecule has 1 atom stereocenters. The average Bonchev–Trinajstić information content (AvgIpc) is 2.39. The van der Waals surface area contributed by atoms with Crippen molar-refractivity contribution >= 4 is 7.98 Å². The van der Waals surface area contributed by atoms with Crippen molar-refractivity contribution in [2.75, 3.05) is 0 Å². The van der Waals surface area contributed by atoms with Crippen molar-refractivity contribution in [3.63, 3.8) is 0 Å². The smallest absolute Gasteiger partial charge is 0.218 e. The third-order valence-corrected chi connectivity index (χ3v) is 2.97. The second-order valence-electron chi connectivity index (χ2n) is 4.01. The summed E-state index contributed by atoms with van der Waals surface area (Å²) >= 11 is 0. The van der Waals surface area contributed by atoms with Crippen LogP contribution in [0.2, 0.25) is 0 Å². The molecule has 88 valence electrons. The molecule has 1 aromatic carbocycles. The minimum atomic E-state index is 0.358. The topological polar surface area (TPSA) is 3.24 Å². The first-order chi connectivity index (χ1) is 8.20. The fraction of sp³-hybridized carbons (Fsp3) is 0.200. The number of nitrogens with zero attached hydrogens (tertiary/aromatic N) is 1. The zero-order chi connectivity index (χ0) is 12.7. The van der Waals surface area contributed by atoms with Gasteiger partial charge in [0.2, 0.25) is 7.98 Å². The predicted molar refractivity (Wildman–Crippen MR) is 78.3 cm³/mol. The molecule has 0 aliphatic rings. The normalized spacial score (nSPS) is 13.6. The first kappa shape index (κ1) is 13.4. The van der Waals surface area contributed by atoms with Crippen LogP contribution in [0.25, 0.3) is 0 Å². The number of benzene rings is 1. The van der Waals surface area contributed by atoms with Crippen LogP contribution in [0.4, 0.5) is 0 Å². The highest BCUT2D eigenvalue weighted by atomic mass is 15.1. The van der Waals surface area contributed by atoms with E-state index in [4.69, 9.17) is 0 Å². The van der Waals surface area contributed by atoms with Gasteiger partial charge in [0.05, 0.1) is 0 Å². The third-order valence-electron chi connectivity index (χ3n) is 2.97. The minimum absolute atomic E-state index is 0.358. The third kappa shape index (κ3) is 3.67. The van der Waals surface area contributed by atoms with Crippen molar-refractivity contribution in [2.24, 2.45) is 0 Å². The molecule has 0 N–H and O–H groups in total. The molecule has 0 bridgehead atoms. The van der Waals surface area contributed by atoms with Crippen LogP contribution in [0.1, 0.15) is 25.5 Å². The number of hydrogen-bond donors (Lipinski definition) is 0. The molecule has 0 radical (unpaired) electrons. The molecule has 0 spiro atoms. The van der Waals surface area contributed by atoms with Crippen molar-refractivity contribution < 1.29 is 0 Å². The SMILES string of the molecule is BN(C(/C=C\C=C)=C/C)C(C)c1ccccc1. The van der Waals surface area contributed by atoms with E-state index in [2.05, 4.69) is 69.6 Å². The van der Waals surface area contributed by atoms with E-state index in [0.717, 1.165) is 0 Å². The standard InChI is InChI=1S/C15H20BN/c1-4-6-12-15(5-2)17(16)13(3)14-10-8-7-9-11-14/h4-13H,1,16H2,2-3H3/b12-6-,15-5+. The van der Waals surface area contributed by atoms with Crippen molar-refractivity contribution in [1.29, 1.82) is 0 Å². The molecule has 1 aromatic rings. The Morgan fingerprint density at radius 3 is 2.53 bits per heavy atom. The molecule has 0 fully saturated rings. The summed E-state index contributed by atoms with van der Waals surface area (Å²) < 4.78 is 0. The summed E-state index contributed by atoms with van der Waals surface area (Å²) in [5.74, 6) is 0. The van der Waals surface area contributed by atoms with E-state index >= 15 is 0 Å².